The quantitative estimate of drug-likeness (QED) is 0.392. The summed E-state index contributed by atoms with van der Waals surface area (Å²) in [5, 5.41) is 19.5. The lowest BCUT2D eigenvalue weighted by Crippen LogP contribution is -2.37. The Kier molecular flexibility index (Phi) is 20.1. The fraction of sp³-hybridized carbons (Fsp3) is 0.765. The molecular formula is C34H54N6O6S2. The first-order valence-corrected chi connectivity index (χ1v) is 19.3. The van der Waals surface area contributed by atoms with Crippen LogP contribution in [0, 0.1) is 22.7 Å². The molecule has 4 aliphatic heterocycles. The van der Waals surface area contributed by atoms with Gasteiger partial charge in [-0.3, -0.25) is 19.6 Å². The molecule has 0 spiro atoms. The second kappa shape index (κ2) is 24.6. The number of benzene rings is 1. The molecular weight excluding hydrogens is 653 g/mol. The molecule has 12 nitrogen and oxygen atoms in total. The van der Waals surface area contributed by atoms with Crippen molar-refractivity contribution in [2.75, 3.05) is 169 Å². The molecule has 48 heavy (non-hydrogen) atoms. The summed E-state index contributed by atoms with van der Waals surface area (Å²) in [5.74, 6) is 1.71. The molecule has 0 N–H and O–H groups in total. The predicted molar refractivity (Wildman–Crippen MR) is 188 cm³/mol. The van der Waals surface area contributed by atoms with Gasteiger partial charge < -0.3 is 28.4 Å². The normalized spacial score (nSPS) is 28.0. The van der Waals surface area contributed by atoms with E-state index in [0.29, 0.717) is 90.4 Å². The molecule has 2 saturated heterocycles. The van der Waals surface area contributed by atoms with Crippen LogP contribution in [0.3, 0.4) is 0 Å². The summed E-state index contributed by atoms with van der Waals surface area (Å²) >= 11 is 3.49. The van der Waals surface area contributed by atoms with Crippen LogP contribution in [0.4, 0.5) is 0 Å². The zero-order chi connectivity index (χ0) is 33.5. The lowest BCUT2D eigenvalue weighted by molar-refractivity contribution is 0.0183. The zero-order valence-corrected chi connectivity index (χ0v) is 30.1. The van der Waals surface area contributed by atoms with Crippen LogP contribution < -0.4 is 0 Å². The van der Waals surface area contributed by atoms with Gasteiger partial charge in [-0.25, -0.2) is 0 Å². The summed E-state index contributed by atoms with van der Waals surface area (Å²) in [4.78, 5) is 11.6. The Morgan fingerprint density at radius 2 is 0.646 bits per heavy atom. The third kappa shape index (κ3) is 15.6. The molecule has 14 heteroatoms. The van der Waals surface area contributed by atoms with Crippen LogP contribution in [-0.2, 0) is 28.4 Å². The highest BCUT2D eigenvalue weighted by Gasteiger charge is 2.15. The van der Waals surface area contributed by atoms with Crippen molar-refractivity contribution in [1.82, 2.24) is 19.6 Å². The largest absolute Gasteiger partial charge is 0.379 e. The van der Waals surface area contributed by atoms with Gasteiger partial charge in [-0.1, -0.05) is 0 Å². The van der Waals surface area contributed by atoms with Crippen molar-refractivity contribution >= 4 is 23.5 Å². The fourth-order valence-electron chi connectivity index (χ4n) is 5.55. The molecule has 4 bridgehead atoms. The van der Waals surface area contributed by atoms with E-state index in [0.717, 1.165) is 99.8 Å². The van der Waals surface area contributed by atoms with E-state index in [1.54, 1.807) is 23.5 Å². The second-order valence-electron chi connectivity index (χ2n) is 11.8. The first-order chi connectivity index (χ1) is 23.7. The summed E-state index contributed by atoms with van der Waals surface area (Å²) in [6.45, 7) is 17.5. The van der Waals surface area contributed by atoms with E-state index in [2.05, 4.69) is 31.7 Å². The van der Waals surface area contributed by atoms with Crippen molar-refractivity contribution in [3.63, 3.8) is 0 Å². The van der Waals surface area contributed by atoms with E-state index >= 15 is 0 Å². The Balaban J connectivity index is 1.55. The molecule has 1 aromatic carbocycles. The van der Waals surface area contributed by atoms with Crippen LogP contribution in [0.15, 0.2) is 21.9 Å². The van der Waals surface area contributed by atoms with Gasteiger partial charge in [-0.15, -0.1) is 23.5 Å². The molecule has 0 radical (unpaired) electrons. The maximum atomic E-state index is 9.74. The highest BCUT2D eigenvalue weighted by Crippen LogP contribution is 2.33. The minimum atomic E-state index is 0.429. The van der Waals surface area contributed by atoms with Crippen molar-refractivity contribution < 1.29 is 28.4 Å². The van der Waals surface area contributed by atoms with Crippen molar-refractivity contribution in [3.05, 3.63) is 23.3 Å². The minimum absolute atomic E-state index is 0.429. The Bertz CT molecular complexity index is 1010. The molecule has 5 rings (SSSR count). The van der Waals surface area contributed by atoms with Gasteiger partial charge in [-0.2, -0.15) is 10.5 Å². The smallest absolute Gasteiger partial charge is 0.101 e. The molecule has 268 valence electrons. The Morgan fingerprint density at radius 1 is 0.396 bits per heavy atom. The highest BCUT2D eigenvalue weighted by molar-refractivity contribution is 8.02. The van der Waals surface area contributed by atoms with Crippen LogP contribution >= 0.6 is 23.5 Å². The predicted octanol–water partition coefficient (Wildman–Crippen LogP) is 1.96. The second-order valence-corrected chi connectivity index (χ2v) is 14.1. The molecule has 0 atom stereocenters. The molecule has 4 aliphatic rings. The van der Waals surface area contributed by atoms with Gasteiger partial charge in [0.05, 0.1) is 90.4 Å². The average Bonchev–Trinajstić information content (AvgIpc) is 3.09. The van der Waals surface area contributed by atoms with Crippen molar-refractivity contribution in [2.45, 2.75) is 9.79 Å². The molecule has 4 heterocycles. The molecule has 0 aromatic heterocycles. The summed E-state index contributed by atoms with van der Waals surface area (Å²) in [6, 6.07) is 8.22. The number of hydrogen-bond acceptors (Lipinski definition) is 14. The van der Waals surface area contributed by atoms with Crippen LogP contribution in [0.2, 0.25) is 0 Å². The Labute approximate surface area is 295 Å². The van der Waals surface area contributed by atoms with Crippen LogP contribution in [0.1, 0.15) is 11.1 Å². The summed E-state index contributed by atoms with van der Waals surface area (Å²) in [6.07, 6.45) is 0. The molecule has 0 aliphatic carbocycles. The lowest BCUT2D eigenvalue weighted by Gasteiger charge is -2.25. The van der Waals surface area contributed by atoms with Gasteiger partial charge in [0.25, 0.3) is 0 Å². The summed E-state index contributed by atoms with van der Waals surface area (Å²) in [5.41, 5.74) is 0.857. The molecule has 0 unspecified atom stereocenters. The summed E-state index contributed by atoms with van der Waals surface area (Å²) in [7, 11) is 0. The fourth-order valence-corrected chi connectivity index (χ4v) is 7.85. The van der Waals surface area contributed by atoms with Gasteiger partial charge in [0.15, 0.2) is 0 Å². The van der Waals surface area contributed by atoms with Crippen LogP contribution in [0.25, 0.3) is 0 Å². The van der Waals surface area contributed by atoms with E-state index < -0.39 is 0 Å². The highest BCUT2D eigenvalue weighted by atomic mass is 32.2. The maximum absolute atomic E-state index is 9.74. The van der Waals surface area contributed by atoms with E-state index in [1.165, 1.54) is 0 Å². The minimum Gasteiger partial charge on any atom is -0.379 e. The average molecular weight is 707 g/mol. The molecule has 2 fully saturated rings. The van der Waals surface area contributed by atoms with E-state index in [-0.39, 0.29) is 0 Å². The van der Waals surface area contributed by atoms with Crippen molar-refractivity contribution in [3.8, 4) is 12.1 Å². The van der Waals surface area contributed by atoms with Crippen LogP contribution in [-0.4, -0.2) is 189 Å². The first-order valence-electron chi connectivity index (χ1n) is 17.3. The first kappa shape index (κ1) is 39.3. The molecule has 0 amide bonds. The monoisotopic (exact) mass is 706 g/mol. The van der Waals surface area contributed by atoms with E-state index in [4.69, 9.17) is 28.4 Å². The van der Waals surface area contributed by atoms with E-state index in [1.807, 2.05) is 12.1 Å². The Hall–Kier alpha value is -1.50. The SMILES string of the molecule is N#Cc1cc2c(cc1C#N)SCCN1CCOCCN3CCOCCOCCN(CCOCCN(CCOCC3)CCS2)CCOCC1. The molecule has 1 aromatic rings. The standard InChI is InChI=1S/C34H54N6O6S2/c35-29-31-27-33-34(28-32(31)30-36)48-26-12-40-8-18-42-14-2-37-1-13-41-17-7-39(11-25-47-33)9-19-43-15-3-38(4-16-44-20-10-40)6-22-46-24-23-45-21-5-37/h27-28H,1-26H2. The number of rotatable bonds is 0. The van der Waals surface area contributed by atoms with Gasteiger partial charge >= 0.3 is 0 Å². The topological polar surface area (TPSA) is 116 Å². The number of hydrogen-bond donors (Lipinski definition) is 0. The van der Waals surface area contributed by atoms with Crippen molar-refractivity contribution in [1.29, 1.82) is 10.5 Å². The van der Waals surface area contributed by atoms with E-state index in [9.17, 15) is 10.5 Å². The van der Waals surface area contributed by atoms with Crippen molar-refractivity contribution in [2.24, 2.45) is 0 Å². The van der Waals surface area contributed by atoms with Crippen LogP contribution in [0.5, 0.6) is 0 Å². The number of thioether (sulfide) groups is 2. The third-order valence-electron chi connectivity index (χ3n) is 8.55. The van der Waals surface area contributed by atoms with Gasteiger partial charge in [0.1, 0.15) is 12.1 Å². The third-order valence-corrected chi connectivity index (χ3v) is 10.7. The number of nitrogens with zero attached hydrogens (tertiary/aromatic N) is 6. The number of nitriles is 2. The molecule has 0 saturated carbocycles. The maximum Gasteiger partial charge on any atom is 0.101 e. The zero-order valence-electron chi connectivity index (χ0n) is 28.5. The number of ether oxygens (including phenoxy) is 6. The summed E-state index contributed by atoms with van der Waals surface area (Å²) < 4.78 is 36.4. The number of fused-ring (bicyclic) bond motifs is 27. The van der Waals surface area contributed by atoms with Gasteiger partial charge in [0, 0.05) is 99.8 Å². The Morgan fingerprint density at radius 3 is 0.917 bits per heavy atom. The van der Waals surface area contributed by atoms with Gasteiger partial charge in [-0.05, 0) is 12.1 Å². The lowest BCUT2D eigenvalue weighted by atomic mass is 10.1. The van der Waals surface area contributed by atoms with Gasteiger partial charge in [0.2, 0.25) is 0 Å².